The van der Waals surface area contributed by atoms with E-state index < -0.39 is 12.0 Å². The summed E-state index contributed by atoms with van der Waals surface area (Å²) in [5.74, 6) is -1.61. The number of aliphatic carboxylic acids is 1. The molecular formula is C29H34N4O4. The molecule has 2 heterocycles. The maximum absolute atomic E-state index is 13.6. The number of carbonyl (C=O) groups is 3. The third kappa shape index (κ3) is 6.07. The molecule has 0 aliphatic carbocycles. The molecule has 3 aromatic rings. The van der Waals surface area contributed by atoms with Crippen LogP contribution >= 0.6 is 0 Å². The van der Waals surface area contributed by atoms with Crippen molar-refractivity contribution in [2.75, 3.05) is 6.54 Å². The average molecular weight is 503 g/mol. The summed E-state index contributed by atoms with van der Waals surface area (Å²) in [6.45, 7) is 9.34. The van der Waals surface area contributed by atoms with Crippen LogP contribution in [0.1, 0.15) is 65.6 Å². The number of aryl methyl sites for hydroxylation is 1. The first-order valence-corrected chi connectivity index (χ1v) is 12.5. The van der Waals surface area contributed by atoms with Crippen molar-refractivity contribution < 1.29 is 19.5 Å². The SMILES string of the molecule is Cc1ccc(C(=O)N2Cc3c(ncn3Cc3ccc(C(C)(C)C)cc3)CC2C(=O)NCCC(=O)O)cc1. The fourth-order valence-electron chi connectivity index (χ4n) is 4.53. The molecule has 2 N–H and O–H groups in total. The molecule has 1 aliphatic rings. The topological polar surface area (TPSA) is 105 Å². The number of carboxylic acids is 1. The van der Waals surface area contributed by atoms with E-state index in [0.717, 1.165) is 22.5 Å². The van der Waals surface area contributed by atoms with Gasteiger partial charge < -0.3 is 19.9 Å². The quantitative estimate of drug-likeness (QED) is 0.513. The minimum Gasteiger partial charge on any atom is -0.481 e. The van der Waals surface area contributed by atoms with E-state index in [9.17, 15) is 14.4 Å². The summed E-state index contributed by atoms with van der Waals surface area (Å²) in [5.41, 5.74) is 5.67. The monoisotopic (exact) mass is 502 g/mol. The highest BCUT2D eigenvalue weighted by atomic mass is 16.4. The van der Waals surface area contributed by atoms with Gasteiger partial charge in [0, 0.05) is 25.1 Å². The van der Waals surface area contributed by atoms with E-state index in [1.165, 1.54) is 5.56 Å². The highest BCUT2D eigenvalue weighted by Crippen LogP contribution is 2.27. The second kappa shape index (κ2) is 10.6. The number of benzene rings is 2. The van der Waals surface area contributed by atoms with Gasteiger partial charge in [-0.2, -0.15) is 0 Å². The lowest BCUT2D eigenvalue weighted by Crippen LogP contribution is -2.53. The highest BCUT2D eigenvalue weighted by molar-refractivity contribution is 5.98. The Morgan fingerprint density at radius 3 is 2.35 bits per heavy atom. The third-order valence-electron chi connectivity index (χ3n) is 6.79. The number of hydrogen-bond donors (Lipinski definition) is 2. The molecule has 2 amide bonds. The zero-order valence-electron chi connectivity index (χ0n) is 21.8. The Morgan fingerprint density at radius 2 is 1.73 bits per heavy atom. The van der Waals surface area contributed by atoms with Crippen molar-refractivity contribution in [3.63, 3.8) is 0 Å². The van der Waals surface area contributed by atoms with Crippen molar-refractivity contribution in [3.8, 4) is 0 Å². The minimum atomic E-state index is -0.993. The third-order valence-corrected chi connectivity index (χ3v) is 6.79. The van der Waals surface area contributed by atoms with Crippen LogP contribution < -0.4 is 5.32 Å². The Labute approximate surface area is 217 Å². The summed E-state index contributed by atoms with van der Waals surface area (Å²) in [7, 11) is 0. The van der Waals surface area contributed by atoms with E-state index in [0.29, 0.717) is 12.1 Å². The Kier molecular flexibility index (Phi) is 7.47. The molecule has 0 bridgehead atoms. The van der Waals surface area contributed by atoms with Gasteiger partial charge in [0.2, 0.25) is 5.91 Å². The molecule has 8 heteroatoms. The molecule has 194 valence electrons. The number of nitrogens with zero attached hydrogens (tertiary/aromatic N) is 3. The van der Waals surface area contributed by atoms with E-state index in [1.807, 2.05) is 23.6 Å². The molecule has 0 fully saturated rings. The van der Waals surface area contributed by atoms with Crippen LogP contribution in [0.15, 0.2) is 54.9 Å². The van der Waals surface area contributed by atoms with Gasteiger partial charge in [-0.05, 0) is 35.6 Å². The lowest BCUT2D eigenvalue weighted by atomic mass is 9.87. The summed E-state index contributed by atoms with van der Waals surface area (Å²) in [5, 5.41) is 11.6. The lowest BCUT2D eigenvalue weighted by molar-refractivity contribution is -0.137. The largest absolute Gasteiger partial charge is 0.481 e. The zero-order chi connectivity index (χ0) is 26.7. The van der Waals surface area contributed by atoms with Gasteiger partial charge in [0.15, 0.2) is 0 Å². The maximum atomic E-state index is 13.6. The molecule has 0 saturated carbocycles. The number of carbonyl (C=O) groups excluding carboxylic acids is 2. The van der Waals surface area contributed by atoms with Gasteiger partial charge in [0.1, 0.15) is 6.04 Å². The number of nitrogens with one attached hydrogen (secondary N) is 1. The summed E-state index contributed by atoms with van der Waals surface area (Å²) in [6.07, 6.45) is 1.85. The number of amides is 2. The molecule has 1 aliphatic heterocycles. The minimum absolute atomic E-state index is 0.00306. The molecule has 1 atom stereocenters. The number of rotatable bonds is 7. The van der Waals surface area contributed by atoms with Crippen LogP contribution in [-0.2, 0) is 34.5 Å². The predicted molar refractivity (Wildman–Crippen MR) is 140 cm³/mol. The van der Waals surface area contributed by atoms with Crippen molar-refractivity contribution in [1.82, 2.24) is 19.8 Å². The van der Waals surface area contributed by atoms with Crippen molar-refractivity contribution in [2.24, 2.45) is 0 Å². The number of aromatic nitrogens is 2. The van der Waals surface area contributed by atoms with Gasteiger partial charge in [-0.3, -0.25) is 14.4 Å². The number of hydrogen-bond acceptors (Lipinski definition) is 4. The van der Waals surface area contributed by atoms with Crippen LogP contribution in [0.4, 0.5) is 0 Å². The van der Waals surface area contributed by atoms with Crippen LogP contribution in [0, 0.1) is 6.92 Å². The van der Waals surface area contributed by atoms with Crippen molar-refractivity contribution in [3.05, 3.63) is 88.5 Å². The second-order valence-corrected chi connectivity index (χ2v) is 10.7. The van der Waals surface area contributed by atoms with E-state index in [1.54, 1.807) is 23.4 Å². The molecular weight excluding hydrogens is 468 g/mol. The van der Waals surface area contributed by atoms with Crippen LogP contribution in [0.3, 0.4) is 0 Å². The molecule has 0 radical (unpaired) electrons. The van der Waals surface area contributed by atoms with Gasteiger partial charge in [0.05, 0.1) is 30.7 Å². The van der Waals surface area contributed by atoms with E-state index in [4.69, 9.17) is 5.11 Å². The summed E-state index contributed by atoms with van der Waals surface area (Å²) in [4.78, 5) is 43.7. The van der Waals surface area contributed by atoms with Crippen LogP contribution in [0.2, 0.25) is 0 Å². The number of carboxylic acid groups (broad SMARTS) is 1. The Balaban J connectivity index is 1.60. The normalized spacial score (nSPS) is 15.2. The van der Waals surface area contributed by atoms with Gasteiger partial charge in [0.25, 0.3) is 5.91 Å². The predicted octanol–water partition coefficient (Wildman–Crippen LogP) is 3.70. The van der Waals surface area contributed by atoms with E-state index in [-0.39, 0.29) is 43.2 Å². The van der Waals surface area contributed by atoms with Gasteiger partial charge in [-0.15, -0.1) is 0 Å². The summed E-state index contributed by atoms with van der Waals surface area (Å²) < 4.78 is 2.04. The molecule has 0 spiro atoms. The summed E-state index contributed by atoms with van der Waals surface area (Å²) >= 11 is 0. The molecule has 37 heavy (non-hydrogen) atoms. The fourth-order valence-corrected chi connectivity index (χ4v) is 4.53. The molecule has 4 rings (SSSR count). The molecule has 1 unspecified atom stereocenters. The van der Waals surface area contributed by atoms with Crippen molar-refractivity contribution in [1.29, 1.82) is 0 Å². The standard InChI is InChI=1S/C29H34N4O4/c1-19-5-9-21(10-6-19)28(37)33-17-25-23(15-24(33)27(36)30-14-13-26(34)35)31-18-32(25)16-20-7-11-22(12-8-20)29(2,3)4/h5-12,18,24H,13-17H2,1-4H3,(H,30,36)(H,34,35). The first-order valence-electron chi connectivity index (χ1n) is 12.5. The van der Waals surface area contributed by atoms with Gasteiger partial charge in [-0.25, -0.2) is 4.98 Å². The molecule has 0 saturated heterocycles. The first-order chi connectivity index (χ1) is 17.5. The lowest BCUT2D eigenvalue weighted by Gasteiger charge is -2.35. The Hall–Kier alpha value is -3.94. The van der Waals surface area contributed by atoms with Crippen LogP contribution in [0.25, 0.3) is 0 Å². The fraction of sp³-hybridized carbons (Fsp3) is 0.379. The molecule has 2 aromatic carbocycles. The van der Waals surface area contributed by atoms with Crippen molar-refractivity contribution >= 4 is 17.8 Å². The van der Waals surface area contributed by atoms with Crippen molar-refractivity contribution in [2.45, 2.75) is 65.1 Å². The molecule has 8 nitrogen and oxygen atoms in total. The maximum Gasteiger partial charge on any atom is 0.305 e. The van der Waals surface area contributed by atoms with Gasteiger partial charge >= 0.3 is 5.97 Å². The van der Waals surface area contributed by atoms with E-state index in [2.05, 4.69) is 55.3 Å². The first kappa shape index (κ1) is 26.1. The van der Waals surface area contributed by atoms with Crippen LogP contribution in [-0.4, -0.2) is 49.9 Å². The Morgan fingerprint density at radius 1 is 1.05 bits per heavy atom. The zero-order valence-corrected chi connectivity index (χ0v) is 21.8. The Bertz CT molecular complexity index is 1290. The summed E-state index contributed by atoms with van der Waals surface area (Å²) in [6, 6.07) is 15.0. The van der Waals surface area contributed by atoms with E-state index >= 15 is 0 Å². The van der Waals surface area contributed by atoms with Gasteiger partial charge in [-0.1, -0.05) is 62.7 Å². The number of imidazole rings is 1. The molecule has 1 aromatic heterocycles. The highest BCUT2D eigenvalue weighted by Gasteiger charge is 2.37. The second-order valence-electron chi connectivity index (χ2n) is 10.7. The van der Waals surface area contributed by atoms with Crippen LogP contribution in [0.5, 0.6) is 0 Å². The number of fused-ring (bicyclic) bond motifs is 1. The average Bonchev–Trinajstić information content (AvgIpc) is 3.24. The smallest absolute Gasteiger partial charge is 0.305 e.